The van der Waals surface area contributed by atoms with Gasteiger partial charge in [0.15, 0.2) is 11.2 Å². The van der Waals surface area contributed by atoms with Gasteiger partial charge < -0.3 is 9.47 Å². The lowest BCUT2D eigenvalue weighted by Crippen LogP contribution is -2.44. The minimum absolute atomic E-state index is 0.921. The third-order valence-corrected chi connectivity index (χ3v) is 14.5. The maximum Gasteiger partial charge on any atom is 0.179 e. The van der Waals surface area contributed by atoms with Crippen LogP contribution in [0.25, 0.3) is 20.2 Å². The Labute approximate surface area is 217 Å². The molecule has 2 atom stereocenters. The molecule has 2 heterocycles. The largest absolute Gasteiger partial charge is 0.357 e. The SMILES string of the molecule is C#CC1(OC)c2cc3ccsc3cc2C(C#C[Si](CC)(CC)CC)(OC)c2cc3ccsc3cc21. The zero-order valence-electron chi connectivity index (χ0n) is 21.0. The summed E-state index contributed by atoms with van der Waals surface area (Å²) in [5.74, 6) is 6.82. The lowest BCUT2D eigenvalue weighted by atomic mass is 9.67. The van der Waals surface area contributed by atoms with E-state index in [4.69, 9.17) is 15.9 Å². The number of fused-ring (bicyclic) bond motifs is 4. The average molecular weight is 515 g/mol. The van der Waals surface area contributed by atoms with Gasteiger partial charge in [-0.25, -0.2) is 0 Å². The van der Waals surface area contributed by atoms with Crippen molar-refractivity contribution in [1.82, 2.24) is 0 Å². The summed E-state index contributed by atoms with van der Waals surface area (Å²) in [6.45, 7) is 6.86. The Morgan fingerprint density at radius 3 is 1.69 bits per heavy atom. The number of benzene rings is 2. The van der Waals surface area contributed by atoms with E-state index in [1.807, 2.05) is 0 Å². The monoisotopic (exact) mass is 514 g/mol. The Morgan fingerprint density at radius 2 is 1.23 bits per heavy atom. The van der Waals surface area contributed by atoms with Crippen LogP contribution < -0.4 is 0 Å². The predicted octanol–water partition coefficient (Wildman–Crippen LogP) is 7.89. The average Bonchev–Trinajstić information content (AvgIpc) is 3.56. The molecule has 5 heteroatoms. The lowest BCUT2D eigenvalue weighted by Gasteiger charge is -2.44. The summed E-state index contributed by atoms with van der Waals surface area (Å²) in [5.41, 5.74) is 5.80. The molecule has 2 nitrogen and oxygen atoms in total. The number of hydrogen-bond donors (Lipinski definition) is 0. The summed E-state index contributed by atoms with van der Waals surface area (Å²) < 4.78 is 15.2. The molecule has 2 unspecified atom stereocenters. The summed E-state index contributed by atoms with van der Waals surface area (Å²) in [5, 5.41) is 6.56. The Balaban J connectivity index is 1.96. The molecule has 1 aliphatic carbocycles. The fourth-order valence-electron chi connectivity index (χ4n) is 5.55. The second-order valence-electron chi connectivity index (χ2n) is 9.22. The predicted molar refractivity (Wildman–Crippen MR) is 153 cm³/mol. The van der Waals surface area contributed by atoms with Gasteiger partial charge in [-0.05, 0) is 76.1 Å². The van der Waals surface area contributed by atoms with Crippen LogP contribution in [0.2, 0.25) is 18.1 Å². The first-order valence-corrected chi connectivity index (χ1v) is 16.5. The van der Waals surface area contributed by atoms with E-state index in [1.165, 1.54) is 14.8 Å². The van der Waals surface area contributed by atoms with E-state index < -0.39 is 19.3 Å². The van der Waals surface area contributed by atoms with Gasteiger partial charge in [0, 0.05) is 45.9 Å². The first kappa shape index (κ1) is 24.3. The lowest BCUT2D eigenvalue weighted by molar-refractivity contribution is 0.0335. The Bertz CT molecular complexity index is 1430. The van der Waals surface area contributed by atoms with E-state index in [9.17, 15) is 0 Å². The van der Waals surface area contributed by atoms with Crippen LogP contribution in [-0.2, 0) is 20.7 Å². The fourth-order valence-corrected chi connectivity index (χ4v) is 9.64. The van der Waals surface area contributed by atoms with E-state index in [1.54, 1.807) is 36.9 Å². The fraction of sp³-hybridized carbons (Fsp3) is 0.333. The van der Waals surface area contributed by atoms with Crippen molar-refractivity contribution in [2.75, 3.05) is 14.2 Å². The zero-order chi connectivity index (χ0) is 24.8. The van der Waals surface area contributed by atoms with Crippen molar-refractivity contribution >= 4 is 50.9 Å². The summed E-state index contributed by atoms with van der Waals surface area (Å²) in [4.78, 5) is 0. The van der Waals surface area contributed by atoms with Crippen molar-refractivity contribution in [3.05, 3.63) is 69.4 Å². The first-order chi connectivity index (χ1) is 17.0. The molecule has 0 saturated carbocycles. The molecule has 0 fully saturated rings. The Morgan fingerprint density at radius 1 is 0.771 bits per heavy atom. The quantitative estimate of drug-likeness (QED) is 0.199. The molecule has 2 aromatic heterocycles. The van der Waals surface area contributed by atoms with Gasteiger partial charge in [-0.15, -0.1) is 34.6 Å². The van der Waals surface area contributed by atoms with Crippen LogP contribution >= 0.6 is 22.7 Å². The van der Waals surface area contributed by atoms with Crippen molar-refractivity contribution < 1.29 is 9.47 Å². The van der Waals surface area contributed by atoms with E-state index in [0.717, 1.165) is 45.8 Å². The van der Waals surface area contributed by atoms with Crippen LogP contribution in [0.4, 0.5) is 0 Å². The van der Waals surface area contributed by atoms with Gasteiger partial charge in [-0.1, -0.05) is 32.6 Å². The molecule has 0 spiro atoms. The summed E-state index contributed by atoms with van der Waals surface area (Å²) in [6, 6.07) is 16.5. The third kappa shape index (κ3) is 3.38. The maximum absolute atomic E-state index is 6.53. The van der Waals surface area contributed by atoms with Gasteiger partial charge in [-0.3, -0.25) is 0 Å². The highest BCUT2D eigenvalue weighted by molar-refractivity contribution is 7.17. The highest BCUT2D eigenvalue weighted by Crippen LogP contribution is 2.53. The number of rotatable bonds is 5. The standard InChI is InChI=1S/C30H30O2S2Si/c1-7-29(31-5)23-17-21-11-14-34-28(21)20-26(23)30(32-6,13-16-35(8-2,9-3)10-4)24-18-22-12-15-33-27(22)19-25(24)29/h1,11-12,14-15,17-20H,8-10H2,2-6H3. The second kappa shape index (κ2) is 8.93. The molecular formula is C30H30O2S2Si. The second-order valence-corrected chi connectivity index (χ2v) is 16.0. The number of ether oxygens (including phenoxy) is 2. The van der Waals surface area contributed by atoms with Crippen LogP contribution in [0.15, 0.2) is 47.2 Å². The molecule has 0 N–H and O–H groups in total. The minimum Gasteiger partial charge on any atom is -0.357 e. The Kier molecular flexibility index (Phi) is 6.20. The summed E-state index contributed by atoms with van der Waals surface area (Å²) in [7, 11) is 1.74. The van der Waals surface area contributed by atoms with Gasteiger partial charge in [0.25, 0.3) is 0 Å². The van der Waals surface area contributed by atoms with Gasteiger partial charge in [-0.2, -0.15) is 0 Å². The topological polar surface area (TPSA) is 18.5 Å². The third-order valence-electron chi connectivity index (χ3n) is 8.05. The molecule has 0 amide bonds. The summed E-state index contributed by atoms with van der Waals surface area (Å²) in [6.07, 6.45) is 6.32. The Hall–Kier alpha value is -2.38. The van der Waals surface area contributed by atoms with Crippen molar-refractivity contribution in [2.24, 2.45) is 0 Å². The highest BCUT2D eigenvalue weighted by Gasteiger charge is 2.51. The van der Waals surface area contributed by atoms with E-state index >= 15 is 0 Å². The molecule has 35 heavy (non-hydrogen) atoms. The smallest absolute Gasteiger partial charge is 0.179 e. The van der Waals surface area contributed by atoms with E-state index in [-0.39, 0.29) is 0 Å². The maximum atomic E-state index is 6.53. The van der Waals surface area contributed by atoms with Gasteiger partial charge >= 0.3 is 0 Å². The number of thiophene rings is 2. The molecule has 0 radical (unpaired) electrons. The van der Waals surface area contributed by atoms with Crippen LogP contribution in [0.5, 0.6) is 0 Å². The van der Waals surface area contributed by atoms with Gasteiger partial charge in [0.1, 0.15) is 8.07 Å². The van der Waals surface area contributed by atoms with Gasteiger partial charge in [0.05, 0.1) is 0 Å². The molecule has 2 aromatic carbocycles. The van der Waals surface area contributed by atoms with Crippen molar-refractivity contribution in [2.45, 2.75) is 50.1 Å². The zero-order valence-corrected chi connectivity index (χ0v) is 23.6. The van der Waals surface area contributed by atoms with Crippen LogP contribution in [0.3, 0.4) is 0 Å². The highest BCUT2D eigenvalue weighted by atomic mass is 32.1. The minimum atomic E-state index is -1.75. The van der Waals surface area contributed by atoms with Gasteiger partial charge in [0.2, 0.25) is 0 Å². The number of hydrogen-bond acceptors (Lipinski definition) is 4. The van der Waals surface area contributed by atoms with Crippen LogP contribution in [0.1, 0.15) is 43.0 Å². The van der Waals surface area contributed by atoms with Crippen LogP contribution in [-0.4, -0.2) is 22.3 Å². The van der Waals surface area contributed by atoms with Crippen molar-refractivity contribution in [1.29, 1.82) is 0 Å². The molecule has 178 valence electrons. The molecule has 0 aliphatic heterocycles. The summed E-state index contributed by atoms with van der Waals surface area (Å²) >= 11 is 3.43. The van der Waals surface area contributed by atoms with Crippen LogP contribution in [0, 0.1) is 23.8 Å². The molecule has 0 bridgehead atoms. The molecule has 4 aromatic rings. The molecule has 0 saturated heterocycles. The number of methoxy groups -OCH3 is 2. The van der Waals surface area contributed by atoms with E-state index in [0.29, 0.717) is 0 Å². The number of terminal acetylenes is 1. The molecule has 5 rings (SSSR count). The normalized spacial score (nSPS) is 21.3. The molecular weight excluding hydrogens is 485 g/mol. The first-order valence-electron chi connectivity index (χ1n) is 12.1. The van der Waals surface area contributed by atoms with Crippen molar-refractivity contribution in [3.63, 3.8) is 0 Å². The van der Waals surface area contributed by atoms with E-state index in [2.05, 4.69) is 85.3 Å². The molecule has 1 aliphatic rings. The van der Waals surface area contributed by atoms with Crippen molar-refractivity contribution in [3.8, 4) is 23.8 Å².